The Morgan fingerprint density at radius 2 is 2.21 bits per heavy atom. The number of hydrogen-bond acceptors (Lipinski definition) is 5. The molecule has 1 aromatic carbocycles. The van der Waals surface area contributed by atoms with Crippen molar-refractivity contribution in [1.82, 2.24) is 9.78 Å². The van der Waals surface area contributed by atoms with Crippen LogP contribution in [-0.4, -0.2) is 28.3 Å². The molecule has 6 nitrogen and oxygen atoms in total. The molecule has 0 saturated carbocycles. The van der Waals surface area contributed by atoms with Crippen LogP contribution in [0.25, 0.3) is 0 Å². The molecule has 1 aliphatic heterocycles. The van der Waals surface area contributed by atoms with E-state index in [2.05, 4.69) is 10.4 Å². The van der Waals surface area contributed by atoms with Gasteiger partial charge < -0.3 is 16.8 Å². The molecule has 126 valence electrons. The summed E-state index contributed by atoms with van der Waals surface area (Å²) in [6.07, 6.45) is 2.74. The maximum absolute atomic E-state index is 13.7. The van der Waals surface area contributed by atoms with Crippen molar-refractivity contribution in [3.05, 3.63) is 40.8 Å². The number of nitrogens with one attached hydrogen (secondary N) is 1. The highest BCUT2D eigenvalue weighted by Gasteiger charge is 2.32. The Balaban J connectivity index is 1.74. The number of carbonyl (C=O) groups is 1. The number of nitrogen functional groups attached to an aromatic ring is 1. The molecule has 2 aromatic rings. The van der Waals surface area contributed by atoms with E-state index in [-0.39, 0.29) is 17.8 Å². The zero-order chi connectivity index (χ0) is 16.8. The molecule has 0 fully saturated rings. The lowest BCUT2D eigenvalue weighted by Crippen LogP contribution is -2.32. The van der Waals surface area contributed by atoms with Gasteiger partial charge in [-0.15, -0.1) is 5.10 Å². The number of hydrogen-bond donors (Lipinski definition) is 3. The average Bonchev–Trinajstić information content (AvgIpc) is 2.90. The Bertz CT molecular complexity index is 816. The number of nitrogens with zero attached hydrogens (tertiary/aromatic N) is 2. The fourth-order valence-corrected chi connectivity index (χ4v) is 3.75. The molecular weight excluding hydrogens is 309 g/mol. The first-order valence-corrected chi connectivity index (χ1v) is 8.24. The topological polar surface area (TPSA) is 99.0 Å². The maximum atomic E-state index is 13.7. The van der Waals surface area contributed by atoms with Crippen LogP contribution in [0.1, 0.15) is 40.4 Å². The van der Waals surface area contributed by atoms with Gasteiger partial charge in [-0.25, -0.2) is 9.07 Å². The van der Waals surface area contributed by atoms with E-state index in [4.69, 9.17) is 11.5 Å². The van der Waals surface area contributed by atoms with E-state index in [1.807, 2.05) is 0 Å². The van der Waals surface area contributed by atoms with E-state index in [1.165, 1.54) is 16.8 Å². The molecule has 1 aromatic heterocycles. The molecule has 2 aliphatic rings. The summed E-state index contributed by atoms with van der Waals surface area (Å²) in [6, 6.07) is 4.56. The van der Waals surface area contributed by atoms with Crippen molar-refractivity contribution < 1.29 is 9.18 Å². The molecule has 7 heteroatoms. The summed E-state index contributed by atoms with van der Waals surface area (Å²) in [7, 11) is 0. The van der Waals surface area contributed by atoms with Gasteiger partial charge in [-0.05, 0) is 49.4 Å². The monoisotopic (exact) mass is 329 g/mol. The highest BCUT2D eigenvalue weighted by molar-refractivity contribution is 5.89. The van der Waals surface area contributed by atoms with Crippen molar-refractivity contribution in [2.45, 2.75) is 37.6 Å². The molecule has 0 amide bonds. The Labute approximate surface area is 139 Å². The number of halogens is 1. The molecule has 24 heavy (non-hydrogen) atoms. The van der Waals surface area contributed by atoms with Gasteiger partial charge in [0, 0.05) is 23.8 Å². The van der Waals surface area contributed by atoms with Crippen molar-refractivity contribution in [1.29, 1.82) is 0 Å². The minimum Gasteiger partial charge on any atom is -0.385 e. The summed E-state index contributed by atoms with van der Waals surface area (Å²) in [6.45, 7) is 0.666. The molecule has 0 saturated heterocycles. The van der Waals surface area contributed by atoms with Crippen LogP contribution >= 0.6 is 0 Å². The highest BCUT2D eigenvalue weighted by atomic mass is 19.1. The zero-order valence-electron chi connectivity index (χ0n) is 13.3. The molecule has 5 N–H and O–H groups in total. The fraction of sp³-hybridized carbons (Fsp3) is 0.412. The molecule has 1 unspecified atom stereocenters. The predicted octanol–water partition coefficient (Wildman–Crippen LogP) is 1.66. The van der Waals surface area contributed by atoms with Crippen LogP contribution in [0.15, 0.2) is 18.2 Å². The molecule has 0 spiro atoms. The second-order valence-electron chi connectivity index (χ2n) is 6.56. The first kappa shape index (κ1) is 15.1. The lowest BCUT2D eigenvalue weighted by molar-refractivity contribution is 0.0852. The van der Waals surface area contributed by atoms with E-state index in [9.17, 15) is 9.18 Å². The molecular formula is C17H20FN5O. The summed E-state index contributed by atoms with van der Waals surface area (Å²) in [4.78, 5) is 13.1. The van der Waals surface area contributed by atoms with Gasteiger partial charge in [0.05, 0.1) is 11.6 Å². The van der Waals surface area contributed by atoms with Gasteiger partial charge >= 0.3 is 0 Å². The summed E-state index contributed by atoms with van der Waals surface area (Å²) >= 11 is 0. The number of rotatable bonds is 1. The molecule has 2 heterocycles. The van der Waals surface area contributed by atoms with Gasteiger partial charge in [0.2, 0.25) is 0 Å². The molecule has 0 bridgehead atoms. The Hall–Kier alpha value is -2.41. The van der Waals surface area contributed by atoms with Gasteiger partial charge in [0.25, 0.3) is 5.91 Å². The number of benzene rings is 1. The lowest BCUT2D eigenvalue weighted by Gasteiger charge is -2.26. The van der Waals surface area contributed by atoms with Gasteiger partial charge in [-0.1, -0.05) is 0 Å². The minimum absolute atomic E-state index is 0.0567. The van der Waals surface area contributed by atoms with E-state index in [0.29, 0.717) is 37.2 Å². The second-order valence-corrected chi connectivity index (χ2v) is 6.56. The number of aromatic nitrogens is 2. The van der Waals surface area contributed by atoms with Crippen molar-refractivity contribution in [2.24, 2.45) is 5.73 Å². The zero-order valence-corrected chi connectivity index (χ0v) is 13.3. The maximum Gasteiger partial charge on any atom is 0.254 e. The Kier molecular flexibility index (Phi) is 3.53. The van der Waals surface area contributed by atoms with Gasteiger partial charge in [0.15, 0.2) is 0 Å². The number of carbonyl (C=O) groups excluding carboxylic acids is 1. The van der Waals surface area contributed by atoms with Crippen molar-refractivity contribution >= 4 is 17.4 Å². The van der Waals surface area contributed by atoms with Crippen LogP contribution in [0.4, 0.5) is 15.9 Å². The molecule has 1 aliphatic carbocycles. The van der Waals surface area contributed by atoms with Crippen LogP contribution in [0, 0.1) is 5.82 Å². The summed E-state index contributed by atoms with van der Waals surface area (Å²) in [5.74, 6) is -0.534. The van der Waals surface area contributed by atoms with Crippen molar-refractivity contribution in [3.63, 3.8) is 0 Å². The van der Waals surface area contributed by atoms with Crippen LogP contribution in [0.5, 0.6) is 0 Å². The van der Waals surface area contributed by atoms with E-state index in [0.717, 1.165) is 23.4 Å². The quantitative estimate of drug-likeness (QED) is 0.739. The average molecular weight is 329 g/mol. The minimum atomic E-state index is -0.420. The third-order valence-electron chi connectivity index (χ3n) is 4.98. The van der Waals surface area contributed by atoms with Gasteiger partial charge in [-0.3, -0.25) is 4.79 Å². The summed E-state index contributed by atoms with van der Waals surface area (Å²) in [5, 5.41) is 7.48. The molecule has 4 rings (SSSR count). The van der Waals surface area contributed by atoms with Crippen LogP contribution in [-0.2, 0) is 12.8 Å². The number of fused-ring (bicyclic) bond motifs is 2. The number of anilines is 2. The molecule has 0 radical (unpaired) electrons. The summed E-state index contributed by atoms with van der Waals surface area (Å²) < 4.78 is 15.1. The Morgan fingerprint density at radius 3 is 3.04 bits per heavy atom. The third kappa shape index (κ3) is 2.36. The largest absolute Gasteiger partial charge is 0.385 e. The second kappa shape index (κ2) is 5.59. The summed E-state index contributed by atoms with van der Waals surface area (Å²) in [5.41, 5.74) is 15.2. The van der Waals surface area contributed by atoms with Gasteiger partial charge in [-0.2, -0.15) is 0 Å². The number of nitrogens with two attached hydrogens (primary N) is 2. The fourth-order valence-electron chi connectivity index (χ4n) is 3.75. The normalized spacial score (nSPS) is 22.4. The van der Waals surface area contributed by atoms with Crippen molar-refractivity contribution in [2.75, 3.05) is 17.6 Å². The Morgan fingerprint density at radius 1 is 1.38 bits per heavy atom. The smallest absolute Gasteiger partial charge is 0.254 e. The van der Waals surface area contributed by atoms with E-state index in [1.54, 1.807) is 6.07 Å². The lowest BCUT2D eigenvalue weighted by atomic mass is 9.89. The molecule has 2 atom stereocenters. The highest BCUT2D eigenvalue weighted by Crippen LogP contribution is 2.35. The van der Waals surface area contributed by atoms with Crippen LogP contribution in [0.3, 0.4) is 0 Å². The van der Waals surface area contributed by atoms with Crippen LogP contribution in [0.2, 0.25) is 0 Å². The van der Waals surface area contributed by atoms with Crippen LogP contribution < -0.4 is 16.8 Å². The standard InChI is InChI=1S/C17H20FN5O/c18-9-1-3-14-12(7-9)11(5-6-21-14)17(24)23-15-4-2-10(19)8-13(15)16(20)22-23/h1,3,7,10-11,21H,2,4-6,8,19H2,(H2,20,22)/t10-,11?/m1/s1. The first-order chi connectivity index (χ1) is 11.5. The first-order valence-electron chi connectivity index (χ1n) is 8.24. The predicted molar refractivity (Wildman–Crippen MR) is 89.5 cm³/mol. The third-order valence-corrected chi connectivity index (χ3v) is 4.98. The van der Waals surface area contributed by atoms with E-state index >= 15 is 0 Å². The van der Waals surface area contributed by atoms with E-state index < -0.39 is 5.92 Å². The SMILES string of the molecule is Nc1nn(C(=O)C2CCNc3ccc(F)cc32)c2c1C[C@H](N)CC2. The van der Waals surface area contributed by atoms with Crippen molar-refractivity contribution in [3.8, 4) is 0 Å². The van der Waals surface area contributed by atoms with Gasteiger partial charge in [0.1, 0.15) is 11.6 Å².